The van der Waals surface area contributed by atoms with Crippen LogP contribution in [0.15, 0.2) is 18.6 Å². The first kappa shape index (κ1) is 12.4. The zero-order valence-corrected chi connectivity index (χ0v) is 9.94. The SMILES string of the molecule is Cn1cnc(CNc2nccc(C#N)c2[N+](=O)[O-])n1. The van der Waals surface area contributed by atoms with Crippen molar-refractivity contribution in [2.75, 3.05) is 5.32 Å². The number of nitro groups is 1. The van der Waals surface area contributed by atoms with Gasteiger partial charge < -0.3 is 5.32 Å². The summed E-state index contributed by atoms with van der Waals surface area (Å²) in [6, 6.07) is 3.06. The van der Waals surface area contributed by atoms with Crippen LogP contribution in [0.3, 0.4) is 0 Å². The Hall–Kier alpha value is -3.02. The molecule has 1 N–H and O–H groups in total. The molecular weight excluding hydrogens is 250 g/mol. The van der Waals surface area contributed by atoms with E-state index in [1.165, 1.54) is 23.3 Å². The molecule has 9 heteroatoms. The van der Waals surface area contributed by atoms with Crippen molar-refractivity contribution in [3.05, 3.63) is 40.1 Å². The zero-order valence-electron chi connectivity index (χ0n) is 9.94. The molecule has 0 unspecified atom stereocenters. The van der Waals surface area contributed by atoms with Gasteiger partial charge in [-0.2, -0.15) is 10.4 Å². The summed E-state index contributed by atoms with van der Waals surface area (Å²) in [4.78, 5) is 18.2. The Morgan fingerprint density at radius 3 is 2.95 bits per heavy atom. The summed E-state index contributed by atoms with van der Waals surface area (Å²) in [6.45, 7) is 0.184. The Morgan fingerprint density at radius 1 is 1.58 bits per heavy atom. The van der Waals surface area contributed by atoms with Crippen molar-refractivity contribution >= 4 is 11.5 Å². The first-order chi connectivity index (χ1) is 9.11. The molecule has 2 rings (SSSR count). The lowest BCUT2D eigenvalue weighted by Crippen LogP contribution is -2.07. The standard InChI is InChI=1S/C10H9N7O2/c1-16-6-14-8(15-16)5-13-10-9(17(18)19)7(4-11)2-3-12-10/h2-3,6H,5H2,1H3,(H,12,13). The van der Waals surface area contributed by atoms with Gasteiger partial charge in [-0.05, 0) is 6.07 Å². The summed E-state index contributed by atoms with van der Waals surface area (Å²) >= 11 is 0. The quantitative estimate of drug-likeness (QED) is 0.629. The number of pyridine rings is 1. The van der Waals surface area contributed by atoms with Crippen LogP contribution in [0.4, 0.5) is 11.5 Å². The molecule has 2 aromatic heterocycles. The van der Waals surface area contributed by atoms with E-state index < -0.39 is 4.92 Å². The molecule has 19 heavy (non-hydrogen) atoms. The van der Waals surface area contributed by atoms with Gasteiger partial charge in [0.05, 0.1) is 11.5 Å². The number of anilines is 1. The number of nitrogens with one attached hydrogen (secondary N) is 1. The van der Waals surface area contributed by atoms with Gasteiger partial charge in [-0.15, -0.1) is 0 Å². The molecule has 0 saturated carbocycles. The average molecular weight is 259 g/mol. The molecule has 0 spiro atoms. The smallest absolute Gasteiger partial charge is 0.328 e. The Bertz CT molecular complexity index is 658. The minimum absolute atomic E-state index is 0.0245. The molecule has 2 heterocycles. The molecule has 0 aliphatic carbocycles. The van der Waals surface area contributed by atoms with Crippen molar-refractivity contribution in [2.45, 2.75) is 6.54 Å². The monoisotopic (exact) mass is 259 g/mol. The maximum absolute atomic E-state index is 11.0. The fraction of sp³-hybridized carbons (Fsp3) is 0.200. The molecule has 0 atom stereocenters. The molecule has 96 valence electrons. The molecule has 0 aliphatic heterocycles. The van der Waals surface area contributed by atoms with Crippen LogP contribution >= 0.6 is 0 Å². The predicted molar refractivity (Wildman–Crippen MR) is 63.9 cm³/mol. The fourth-order valence-electron chi connectivity index (χ4n) is 1.49. The Kier molecular flexibility index (Phi) is 3.33. The minimum atomic E-state index is -0.639. The second-order valence-electron chi connectivity index (χ2n) is 3.61. The van der Waals surface area contributed by atoms with E-state index >= 15 is 0 Å². The van der Waals surface area contributed by atoms with Crippen molar-refractivity contribution in [1.82, 2.24) is 19.7 Å². The lowest BCUT2D eigenvalue weighted by molar-refractivity contribution is -0.384. The summed E-state index contributed by atoms with van der Waals surface area (Å²) in [7, 11) is 1.72. The largest absolute Gasteiger partial charge is 0.357 e. The van der Waals surface area contributed by atoms with Crippen LogP contribution < -0.4 is 5.32 Å². The summed E-state index contributed by atoms with van der Waals surface area (Å²) in [6.07, 6.45) is 2.85. The van der Waals surface area contributed by atoms with Crippen molar-refractivity contribution in [3.63, 3.8) is 0 Å². The van der Waals surface area contributed by atoms with E-state index in [2.05, 4.69) is 20.4 Å². The summed E-state index contributed by atoms with van der Waals surface area (Å²) in [5, 5.41) is 26.6. The van der Waals surface area contributed by atoms with Crippen LogP contribution in [0.25, 0.3) is 0 Å². The molecule has 0 bridgehead atoms. The van der Waals surface area contributed by atoms with Crippen LogP contribution in [-0.2, 0) is 13.6 Å². The number of rotatable bonds is 4. The van der Waals surface area contributed by atoms with Crippen LogP contribution in [0.5, 0.6) is 0 Å². The second-order valence-corrected chi connectivity index (χ2v) is 3.61. The van der Waals surface area contributed by atoms with E-state index in [0.29, 0.717) is 5.82 Å². The van der Waals surface area contributed by atoms with Gasteiger partial charge in [-0.1, -0.05) is 0 Å². The number of aryl methyl sites for hydroxylation is 1. The van der Waals surface area contributed by atoms with E-state index in [1.54, 1.807) is 13.1 Å². The van der Waals surface area contributed by atoms with E-state index in [0.717, 1.165) is 0 Å². The Morgan fingerprint density at radius 2 is 2.37 bits per heavy atom. The first-order valence-corrected chi connectivity index (χ1v) is 5.23. The van der Waals surface area contributed by atoms with Gasteiger partial charge in [0.15, 0.2) is 5.82 Å². The molecule has 0 saturated heterocycles. The van der Waals surface area contributed by atoms with E-state index in [-0.39, 0.29) is 23.6 Å². The highest BCUT2D eigenvalue weighted by molar-refractivity contribution is 5.63. The number of hydrogen-bond donors (Lipinski definition) is 1. The summed E-state index contributed by atoms with van der Waals surface area (Å²) in [5.74, 6) is 0.498. The topological polar surface area (TPSA) is 123 Å². The lowest BCUT2D eigenvalue weighted by Gasteiger charge is -2.04. The van der Waals surface area contributed by atoms with Gasteiger partial charge in [0.25, 0.3) is 0 Å². The maximum Gasteiger partial charge on any atom is 0.328 e. The van der Waals surface area contributed by atoms with Crippen molar-refractivity contribution in [2.24, 2.45) is 7.05 Å². The van der Waals surface area contributed by atoms with Gasteiger partial charge in [0, 0.05) is 13.2 Å². The van der Waals surface area contributed by atoms with Gasteiger partial charge in [-0.3, -0.25) is 14.8 Å². The van der Waals surface area contributed by atoms with Crippen molar-refractivity contribution < 1.29 is 4.92 Å². The highest BCUT2D eigenvalue weighted by atomic mass is 16.6. The highest BCUT2D eigenvalue weighted by Crippen LogP contribution is 2.25. The molecule has 0 amide bonds. The second kappa shape index (κ2) is 5.09. The maximum atomic E-state index is 11.0. The van der Waals surface area contributed by atoms with Gasteiger partial charge >= 0.3 is 5.69 Å². The number of nitrogens with zero attached hydrogens (tertiary/aromatic N) is 6. The highest BCUT2D eigenvalue weighted by Gasteiger charge is 2.21. The lowest BCUT2D eigenvalue weighted by atomic mass is 10.2. The predicted octanol–water partition coefficient (Wildman–Crippen LogP) is 0.602. The number of aromatic nitrogens is 4. The summed E-state index contributed by atoms with van der Waals surface area (Å²) < 4.78 is 1.52. The third kappa shape index (κ3) is 2.63. The Labute approximate surface area is 107 Å². The number of nitriles is 1. The number of hydrogen-bond acceptors (Lipinski definition) is 7. The van der Waals surface area contributed by atoms with Gasteiger partial charge in [-0.25, -0.2) is 9.97 Å². The Balaban J connectivity index is 2.25. The molecule has 0 aromatic carbocycles. The van der Waals surface area contributed by atoms with Crippen LogP contribution in [0.1, 0.15) is 11.4 Å². The molecular formula is C10H9N7O2. The molecule has 2 aromatic rings. The van der Waals surface area contributed by atoms with Gasteiger partial charge in [0.1, 0.15) is 18.0 Å². The molecule has 0 radical (unpaired) electrons. The molecule has 9 nitrogen and oxygen atoms in total. The van der Waals surface area contributed by atoms with Crippen LogP contribution in [0, 0.1) is 21.4 Å². The van der Waals surface area contributed by atoms with E-state index in [4.69, 9.17) is 5.26 Å². The fourth-order valence-corrected chi connectivity index (χ4v) is 1.49. The summed E-state index contributed by atoms with van der Waals surface area (Å²) in [5.41, 5.74) is -0.391. The third-order valence-electron chi connectivity index (χ3n) is 2.29. The third-order valence-corrected chi connectivity index (χ3v) is 2.29. The van der Waals surface area contributed by atoms with Crippen molar-refractivity contribution in [3.8, 4) is 6.07 Å². The zero-order chi connectivity index (χ0) is 13.8. The molecule has 0 fully saturated rings. The van der Waals surface area contributed by atoms with Crippen LogP contribution in [-0.4, -0.2) is 24.7 Å². The minimum Gasteiger partial charge on any atom is -0.357 e. The molecule has 0 aliphatic rings. The van der Waals surface area contributed by atoms with Crippen molar-refractivity contribution in [1.29, 1.82) is 5.26 Å². The van der Waals surface area contributed by atoms with E-state index in [1.807, 2.05) is 0 Å². The van der Waals surface area contributed by atoms with E-state index in [9.17, 15) is 10.1 Å². The van der Waals surface area contributed by atoms with Gasteiger partial charge in [0.2, 0.25) is 5.82 Å². The van der Waals surface area contributed by atoms with Crippen LogP contribution in [0.2, 0.25) is 0 Å². The first-order valence-electron chi connectivity index (χ1n) is 5.23. The normalized spacial score (nSPS) is 9.89. The average Bonchev–Trinajstić information content (AvgIpc) is 2.81.